The molecule has 3 N–H and O–H groups in total. The Hall–Kier alpha value is -2.30. The van der Waals surface area contributed by atoms with E-state index in [0.29, 0.717) is 12.6 Å². The van der Waals surface area contributed by atoms with Crippen LogP contribution in [0.3, 0.4) is 0 Å². The Kier molecular flexibility index (Phi) is 5.59. The lowest BCUT2D eigenvalue weighted by Gasteiger charge is -2.18. The van der Waals surface area contributed by atoms with Crippen LogP contribution in [0, 0.1) is 13.8 Å². The van der Waals surface area contributed by atoms with Crippen LogP contribution in [-0.2, 0) is 0 Å². The molecule has 3 aromatic rings. The molecule has 0 spiro atoms. The molecule has 1 amide bonds. The quantitative estimate of drug-likeness (QED) is 0.684. The molecule has 1 unspecified atom stereocenters. The molecule has 1 atom stereocenters. The molecule has 5 heteroatoms. The standard InChI is InChI=1S/C22H25N3O.ClH/c1-14-11-20(15(2)25(14)19-9-10-19)22(26)24-21(13-23)18-8-7-16-5-3-4-6-17(16)12-18;/h3-8,11-12,19,21H,9-10,13,23H2,1-2H3,(H,24,26);1H. The zero-order valence-electron chi connectivity index (χ0n) is 15.7. The molecule has 4 rings (SSSR count). The van der Waals surface area contributed by atoms with Crippen LogP contribution in [0.1, 0.15) is 52.2 Å². The Morgan fingerprint density at radius 2 is 1.85 bits per heavy atom. The van der Waals surface area contributed by atoms with Crippen LogP contribution in [0.15, 0.2) is 48.5 Å². The number of carbonyl (C=O) groups is 1. The lowest BCUT2D eigenvalue weighted by molar-refractivity contribution is 0.0937. The van der Waals surface area contributed by atoms with Crippen molar-refractivity contribution in [3.63, 3.8) is 0 Å². The van der Waals surface area contributed by atoms with Gasteiger partial charge in [-0.3, -0.25) is 4.79 Å². The molecule has 1 fully saturated rings. The third-order valence-corrected chi connectivity index (χ3v) is 5.36. The van der Waals surface area contributed by atoms with Gasteiger partial charge in [0.25, 0.3) is 5.91 Å². The van der Waals surface area contributed by atoms with E-state index in [4.69, 9.17) is 5.73 Å². The Labute approximate surface area is 166 Å². The number of hydrogen-bond acceptors (Lipinski definition) is 2. The number of fused-ring (bicyclic) bond motifs is 1. The van der Waals surface area contributed by atoms with Crippen molar-refractivity contribution in [3.05, 3.63) is 71.0 Å². The molecular weight excluding hydrogens is 358 g/mol. The lowest BCUT2D eigenvalue weighted by atomic mass is 10.0. The number of hydrogen-bond donors (Lipinski definition) is 2. The lowest BCUT2D eigenvalue weighted by Crippen LogP contribution is -2.33. The summed E-state index contributed by atoms with van der Waals surface area (Å²) in [4.78, 5) is 12.9. The number of nitrogens with zero attached hydrogens (tertiary/aromatic N) is 1. The van der Waals surface area contributed by atoms with E-state index >= 15 is 0 Å². The number of aromatic nitrogens is 1. The summed E-state index contributed by atoms with van der Waals surface area (Å²) < 4.78 is 2.29. The van der Waals surface area contributed by atoms with E-state index in [0.717, 1.165) is 27.9 Å². The van der Waals surface area contributed by atoms with Crippen molar-refractivity contribution in [1.82, 2.24) is 9.88 Å². The van der Waals surface area contributed by atoms with Crippen LogP contribution < -0.4 is 11.1 Å². The number of rotatable bonds is 5. The van der Waals surface area contributed by atoms with Crippen molar-refractivity contribution in [2.45, 2.75) is 38.8 Å². The summed E-state index contributed by atoms with van der Waals surface area (Å²) in [6.45, 7) is 4.48. The smallest absolute Gasteiger partial charge is 0.253 e. The Bertz CT molecular complexity index is 975. The average Bonchev–Trinajstić information content (AvgIpc) is 3.44. The summed E-state index contributed by atoms with van der Waals surface area (Å²) >= 11 is 0. The van der Waals surface area contributed by atoms with E-state index in [2.05, 4.69) is 41.1 Å². The number of halogens is 1. The van der Waals surface area contributed by atoms with Gasteiger partial charge in [-0.05, 0) is 55.2 Å². The normalized spacial score (nSPS) is 14.6. The van der Waals surface area contributed by atoms with Gasteiger partial charge in [0.05, 0.1) is 11.6 Å². The topological polar surface area (TPSA) is 60.1 Å². The fourth-order valence-corrected chi connectivity index (χ4v) is 3.84. The van der Waals surface area contributed by atoms with E-state index in [9.17, 15) is 4.79 Å². The van der Waals surface area contributed by atoms with Crippen molar-refractivity contribution in [3.8, 4) is 0 Å². The number of nitrogens with two attached hydrogens (primary N) is 1. The van der Waals surface area contributed by atoms with E-state index in [1.165, 1.54) is 18.2 Å². The maximum atomic E-state index is 12.9. The molecule has 1 aliphatic rings. The predicted molar refractivity (Wildman–Crippen MR) is 113 cm³/mol. The van der Waals surface area contributed by atoms with E-state index < -0.39 is 0 Å². The molecule has 1 aromatic heterocycles. The third-order valence-electron chi connectivity index (χ3n) is 5.36. The number of aryl methyl sites for hydroxylation is 1. The zero-order chi connectivity index (χ0) is 18.3. The Balaban J connectivity index is 0.00000210. The average molecular weight is 384 g/mol. The molecule has 1 aliphatic carbocycles. The van der Waals surface area contributed by atoms with Crippen molar-refractivity contribution in [1.29, 1.82) is 0 Å². The monoisotopic (exact) mass is 383 g/mol. The van der Waals surface area contributed by atoms with Crippen LogP contribution in [0.5, 0.6) is 0 Å². The summed E-state index contributed by atoms with van der Waals surface area (Å²) in [7, 11) is 0. The first-order chi connectivity index (χ1) is 12.6. The van der Waals surface area contributed by atoms with Gasteiger partial charge in [0.2, 0.25) is 0 Å². The maximum Gasteiger partial charge on any atom is 0.253 e. The van der Waals surface area contributed by atoms with Gasteiger partial charge < -0.3 is 15.6 Å². The van der Waals surface area contributed by atoms with Gasteiger partial charge in [-0.2, -0.15) is 0 Å². The maximum absolute atomic E-state index is 12.9. The Morgan fingerprint density at radius 3 is 2.52 bits per heavy atom. The summed E-state index contributed by atoms with van der Waals surface area (Å²) in [5.41, 5.74) is 9.99. The molecule has 4 nitrogen and oxygen atoms in total. The van der Waals surface area contributed by atoms with Crippen LogP contribution >= 0.6 is 12.4 Å². The molecular formula is C22H26ClN3O. The van der Waals surface area contributed by atoms with Crippen LogP contribution in [0.25, 0.3) is 10.8 Å². The molecule has 0 saturated heterocycles. The summed E-state index contributed by atoms with van der Waals surface area (Å²) in [6, 6.07) is 16.8. The van der Waals surface area contributed by atoms with Gasteiger partial charge >= 0.3 is 0 Å². The molecule has 27 heavy (non-hydrogen) atoms. The molecule has 142 valence electrons. The van der Waals surface area contributed by atoms with Crippen molar-refractivity contribution in [2.75, 3.05) is 6.54 Å². The van der Waals surface area contributed by atoms with Crippen LogP contribution in [-0.4, -0.2) is 17.0 Å². The van der Waals surface area contributed by atoms with Gasteiger partial charge in [-0.15, -0.1) is 12.4 Å². The van der Waals surface area contributed by atoms with Gasteiger partial charge in [0, 0.05) is 24.0 Å². The fraction of sp³-hybridized carbons (Fsp3) is 0.318. The molecule has 0 bridgehead atoms. The van der Waals surface area contributed by atoms with Crippen molar-refractivity contribution >= 4 is 29.1 Å². The number of benzene rings is 2. The van der Waals surface area contributed by atoms with Gasteiger partial charge in [0.15, 0.2) is 0 Å². The highest BCUT2D eigenvalue weighted by atomic mass is 35.5. The van der Waals surface area contributed by atoms with E-state index in [-0.39, 0.29) is 24.4 Å². The van der Waals surface area contributed by atoms with E-state index in [1.807, 2.05) is 31.2 Å². The first-order valence-electron chi connectivity index (χ1n) is 9.26. The molecule has 2 aromatic carbocycles. The molecule has 0 aliphatic heterocycles. The second kappa shape index (κ2) is 7.75. The third kappa shape index (κ3) is 3.73. The van der Waals surface area contributed by atoms with E-state index in [1.54, 1.807) is 0 Å². The largest absolute Gasteiger partial charge is 0.345 e. The van der Waals surface area contributed by atoms with Gasteiger partial charge in [-0.25, -0.2) is 0 Å². The molecule has 1 saturated carbocycles. The minimum absolute atomic E-state index is 0. The fourth-order valence-electron chi connectivity index (χ4n) is 3.84. The Morgan fingerprint density at radius 1 is 1.15 bits per heavy atom. The van der Waals surface area contributed by atoms with Gasteiger partial charge in [0.1, 0.15) is 0 Å². The highest BCUT2D eigenvalue weighted by Crippen LogP contribution is 2.38. The first kappa shape index (κ1) is 19.5. The minimum atomic E-state index is -0.198. The highest BCUT2D eigenvalue weighted by Gasteiger charge is 2.28. The highest BCUT2D eigenvalue weighted by molar-refractivity contribution is 5.96. The second-order valence-electron chi connectivity index (χ2n) is 7.25. The first-order valence-corrected chi connectivity index (χ1v) is 9.26. The number of nitrogens with one attached hydrogen (secondary N) is 1. The van der Waals surface area contributed by atoms with Gasteiger partial charge in [-0.1, -0.05) is 36.4 Å². The predicted octanol–water partition coefficient (Wildman–Crippen LogP) is 4.44. The second-order valence-corrected chi connectivity index (χ2v) is 7.25. The SMILES string of the molecule is Cc1cc(C(=O)NC(CN)c2ccc3ccccc3c2)c(C)n1C1CC1.Cl. The zero-order valence-corrected chi connectivity index (χ0v) is 16.6. The number of amides is 1. The number of carbonyl (C=O) groups excluding carboxylic acids is 1. The minimum Gasteiger partial charge on any atom is -0.345 e. The summed E-state index contributed by atoms with van der Waals surface area (Å²) in [5, 5.41) is 5.47. The summed E-state index contributed by atoms with van der Waals surface area (Å²) in [5.74, 6) is -0.0476. The van der Waals surface area contributed by atoms with Crippen molar-refractivity contribution < 1.29 is 4.79 Å². The van der Waals surface area contributed by atoms with Crippen LogP contribution in [0.4, 0.5) is 0 Å². The molecule has 1 heterocycles. The van der Waals surface area contributed by atoms with Crippen molar-refractivity contribution in [2.24, 2.45) is 5.73 Å². The van der Waals surface area contributed by atoms with Crippen LogP contribution in [0.2, 0.25) is 0 Å². The summed E-state index contributed by atoms with van der Waals surface area (Å²) in [6.07, 6.45) is 2.42. The molecule has 0 radical (unpaired) electrons.